The standard InChI is InChI=1S/C11H12N2O2S/c12-9-3-1-2-7-8-6-16(14,15)5-4-10(8)13-11(7)9/h1-3,13H,4-6,12H2. The van der Waals surface area contributed by atoms with Crippen molar-refractivity contribution < 1.29 is 8.42 Å². The van der Waals surface area contributed by atoms with E-state index < -0.39 is 9.84 Å². The molecule has 3 N–H and O–H groups in total. The molecule has 0 saturated heterocycles. The van der Waals surface area contributed by atoms with Crippen molar-refractivity contribution in [2.45, 2.75) is 12.2 Å². The summed E-state index contributed by atoms with van der Waals surface area (Å²) in [6.45, 7) is 0. The van der Waals surface area contributed by atoms with E-state index in [4.69, 9.17) is 5.73 Å². The Bertz CT molecular complexity index is 671. The van der Waals surface area contributed by atoms with Crippen LogP contribution in [-0.4, -0.2) is 19.2 Å². The number of nitrogen functional groups attached to an aromatic ring is 1. The van der Waals surface area contributed by atoms with Gasteiger partial charge in [0, 0.05) is 17.5 Å². The zero-order valence-corrected chi connectivity index (χ0v) is 9.47. The normalized spacial score (nSPS) is 18.5. The van der Waals surface area contributed by atoms with Crippen LogP contribution < -0.4 is 5.73 Å². The highest BCUT2D eigenvalue weighted by Crippen LogP contribution is 2.31. The average molecular weight is 236 g/mol. The topological polar surface area (TPSA) is 76.0 Å². The molecule has 4 nitrogen and oxygen atoms in total. The third-order valence-electron chi connectivity index (χ3n) is 3.09. The molecule has 0 bridgehead atoms. The van der Waals surface area contributed by atoms with Gasteiger partial charge in [0.15, 0.2) is 9.84 Å². The monoisotopic (exact) mass is 236 g/mol. The molecule has 0 radical (unpaired) electrons. The Balaban J connectivity index is 2.34. The number of rotatable bonds is 0. The lowest BCUT2D eigenvalue weighted by molar-refractivity contribution is 0.591. The number of hydrogen-bond donors (Lipinski definition) is 2. The fourth-order valence-corrected chi connectivity index (χ4v) is 3.71. The Morgan fingerprint density at radius 1 is 1.31 bits per heavy atom. The van der Waals surface area contributed by atoms with Crippen LogP contribution in [0.2, 0.25) is 0 Å². The van der Waals surface area contributed by atoms with Gasteiger partial charge in [0.1, 0.15) is 0 Å². The van der Waals surface area contributed by atoms with E-state index in [1.54, 1.807) is 0 Å². The van der Waals surface area contributed by atoms with Crippen LogP contribution in [0.1, 0.15) is 11.3 Å². The Morgan fingerprint density at radius 3 is 2.94 bits per heavy atom. The van der Waals surface area contributed by atoms with Gasteiger partial charge in [0.25, 0.3) is 0 Å². The first kappa shape index (κ1) is 9.72. The lowest BCUT2D eigenvalue weighted by atomic mass is 10.1. The van der Waals surface area contributed by atoms with Gasteiger partial charge in [0.2, 0.25) is 0 Å². The number of aryl methyl sites for hydroxylation is 1. The number of benzene rings is 1. The first-order valence-electron chi connectivity index (χ1n) is 5.15. The number of aromatic nitrogens is 1. The van der Waals surface area contributed by atoms with Crippen molar-refractivity contribution in [1.29, 1.82) is 0 Å². The second-order valence-electron chi connectivity index (χ2n) is 4.19. The van der Waals surface area contributed by atoms with Crippen molar-refractivity contribution in [2.24, 2.45) is 0 Å². The maximum absolute atomic E-state index is 11.6. The number of aromatic amines is 1. The molecule has 2 aromatic rings. The average Bonchev–Trinajstić information content (AvgIpc) is 2.57. The Morgan fingerprint density at radius 2 is 2.12 bits per heavy atom. The molecule has 0 atom stereocenters. The van der Waals surface area contributed by atoms with E-state index >= 15 is 0 Å². The predicted octanol–water partition coefficient (Wildman–Crippen LogP) is 1.22. The van der Waals surface area contributed by atoms with Gasteiger partial charge >= 0.3 is 0 Å². The number of hydrogen-bond acceptors (Lipinski definition) is 3. The third kappa shape index (κ3) is 1.31. The van der Waals surface area contributed by atoms with Gasteiger partial charge in [-0.25, -0.2) is 8.42 Å². The predicted molar refractivity (Wildman–Crippen MR) is 63.9 cm³/mol. The van der Waals surface area contributed by atoms with E-state index in [9.17, 15) is 8.42 Å². The molecule has 0 spiro atoms. The van der Waals surface area contributed by atoms with Crippen LogP contribution in [0.3, 0.4) is 0 Å². The number of sulfone groups is 1. The molecule has 0 aliphatic carbocycles. The van der Waals surface area contributed by atoms with E-state index in [-0.39, 0.29) is 11.5 Å². The van der Waals surface area contributed by atoms with Crippen LogP contribution in [-0.2, 0) is 22.0 Å². The molecule has 0 unspecified atom stereocenters. The van der Waals surface area contributed by atoms with Crippen LogP contribution in [0.15, 0.2) is 18.2 Å². The van der Waals surface area contributed by atoms with E-state index in [0.29, 0.717) is 12.1 Å². The summed E-state index contributed by atoms with van der Waals surface area (Å²) in [6, 6.07) is 5.59. The van der Waals surface area contributed by atoms with Crippen molar-refractivity contribution in [3.05, 3.63) is 29.5 Å². The molecule has 0 saturated carbocycles. The summed E-state index contributed by atoms with van der Waals surface area (Å²) in [6.07, 6.45) is 0.561. The summed E-state index contributed by atoms with van der Waals surface area (Å²) in [7, 11) is -2.93. The molecule has 2 heterocycles. The minimum absolute atomic E-state index is 0.131. The van der Waals surface area contributed by atoms with Crippen LogP contribution >= 0.6 is 0 Å². The molecule has 5 heteroatoms. The van der Waals surface area contributed by atoms with Crippen molar-refractivity contribution >= 4 is 26.4 Å². The minimum Gasteiger partial charge on any atom is -0.397 e. The smallest absolute Gasteiger partial charge is 0.154 e. The molecule has 84 valence electrons. The molecular formula is C11H12N2O2S. The summed E-state index contributed by atoms with van der Waals surface area (Å²) >= 11 is 0. The molecule has 1 aromatic carbocycles. The van der Waals surface area contributed by atoms with Crippen LogP contribution in [0.4, 0.5) is 5.69 Å². The Kier molecular flexibility index (Phi) is 1.83. The molecule has 0 fully saturated rings. The van der Waals surface area contributed by atoms with Gasteiger partial charge in [-0.05, 0) is 11.6 Å². The van der Waals surface area contributed by atoms with E-state index in [1.807, 2.05) is 18.2 Å². The van der Waals surface area contributed by atoms with Gasteiger partial charge in [-0.15, -0.1) is 0 Å². The maximum Gasteiger partial charge on any atom is 0.154 e. The van der Waals surface area contributed by atoms with Gasteiger partial charge < -0.3 is 10.7 Å². The fraction of sp³-hybridized carbons (Fsp3) is 0.273. The SMILES string of the molecule is Nc1cccc2c3c([nH]c12)CCS(=O)(=O)C3. The van der Waals surface area contributed by atoms with Gasteiger partial charge in [-0.2, -0.15) is 0 Å². The van der Waals surface area contributed by atoms with Crippen molar-refractivity contribution in [2.75, 3.05) is 11.5 Å². The zero-order chi connectivity index (χ0) is 11.3. The van der Waals surface area contributed by atoms with Crippen LogP contribution in [0.25, 0.3) is 10.9 Å². The number of para-hydroxylation sites is 1. The minimum atomic E-state index is -2.93. The van der Waals surface area contributed by atoms with Gasteiger partial charge in [-0.3, -0.25) is 0 Å². The molecule has 3 rings (SSSR count). The maximum atomic E-state index is 11.6. The first-order valence-corrected chi connectivity index (χ1v) is 6.97. The first-order chi connectivity index (χ1) is 7.57. The van der Waals surface area contributed by atoms with Crippen molar-refractivity contribution in [3.63, 3.8) is 0 Å². The highest BCUT2D eigenvalue weighted by Gasteiger charge is 2.25. The Labute approximate surface area is 93.4 Å². The van der Waals surface area contributed by atoms with E-state index in [0.717, 1.165) is 22.2 Å². The second-order valence-corrected chi connectivity index (χ2v) is 6.38. The quantitative estimate of drug-likeness (QED) is 0.675. The molecule has 16 heavy (non-hydrogen) atoms. The number of nitrogens with two attached hydrogens (primary N) is 1. The molecule has 1 aliphatic heterocycles. The van der Waals surface area contributed by atoms with Crippen LogP contribution in [0.5, 0.6) is 0 Å². The molecule has 1 aromatic heterocycles. The lowest BCUT2D eigenvalue weighted by Gasteiger charge is -2.11. The summed E-state index contributed by atoms with van der Waals surface area (Å²) in [4.78, 5) is 3.23. The number of H-pyrrole nitrogens is 1. The van der Waals surface area contributed by atoms with E-state index in [1.165, 1.54) is 0 Å². The zero-order valence-electron chi connectivity index (χ0n) is 8.66. The summed E-state index contributed by atoms with van der Waals surface area (Å²) in [5.41, 5.74) is 9.30. The number of fused-ring (bicyclic) bond motifs is 3. The number of anilines is 1. The lowest BCUT2D eigenvalue weighted by Crippen LogP contribution is -2.18. The van der Waals surface area contributed by atoms with Gasteiger partial charge in [0.05, 0.1) is 22.7 Å². The highest BCUT2D eigenvalue weighted by molar-refractivity contribution is 7.90. The van der Waals surface area contributed by atoms with Gasteiger partial charge in [-0.1, -0.05) is 12.1 Å². The number of nitrogens with one attached hydrogen (secondary N) is 1. The van der Waals surface area contributed by atoms with Crippen molar-refractivity contribution in [1.82, 2.24) is 4.98 Å². The second kappa shape index (κ2) is 3.01. The van der Waals surface area contributed by atoms with E-state index in [2.05, 4.69) is 4.98 Å². The molecular weight excluding hydrogens is 224 g/mol. The highest BCUT2D eigenvalue weighted by atomic mass is 32.2. The van der Waals surface area contributed by atoms with Crippen LogP contribution in [0, 0.1) is 0 Å². The molecule has 0 amide bonds. The summed E-state index contributed by atoms with van der Waals surface area (Å²) in [5, 5.41) is 0.943. The molecule has 1 aliphatic rings. The third-order valence-corrected chi connectivity index (χ3v) is 4.64. The largest absolute Gasteiger partial charge is 0.397 e. The fourth-order valence-electron chi connectivity index (χ4n) is 2.28. The summed E-state index contributed by atoms with van der Waals surface area (Å²) in [5.74, 6) is 0.360. The van der Waals surface area contributed by atoms with Crippen molar-refractivity contribution in [3.8, 4) is 0 Å². The Hall–Kier alpha value is -1.49. The summed E-state index contributed by atoms with van der Waals surface area (Å²) < 4.78 is 23.2.